The van der Waals surface area contributed by atoms with E-state index >= 15 is 0 Å². The Morgan fingerprint density at radius 2 is 2.11 bits per heavy atom. The lowest BCUT2D eigenvalue weighted by Gasteiger charge is -2.09. The molecule has 0 aromatic carbocycles. The molecule has 4 nitrogen and oxygen atoms in total. The summed E-state index contributed by atoms with van der Waals surface area (Å²) in [5, 5.41) is 12.1. The summed E-state index contributed by atoms with van der Waals surface area (Å²) in [5.41, 5.74) is 0. The van der Waals surface area contributed by atoms with Gasteiger partial charge in [-0.05, 0) is 37.6 Å². The second-order valence-corrected chi connectivity index (χ2v) is 5.58. The third-order valence-corrected chi connectivity index (χ3v) is 4.14. The monoisotopic (exact) mass is 279 g/mol. The third kappa shape index (κ3) is 3.45. The first kappa shape index (κ1) is 13.8. The SMILES string of the molecule is CCc1ccc(CNC(C)c2ccc(C(=O)O)o2)s1. The van der Waals surface area contributed by atoms with E-state index < -0.39 is 5.97 Å². The zero-order valence-electron chi connectivity index (χ0n) is 11.0. The van der Waals surface area contributed by atoms with Crippen LogP contribution in [0.2, 0.25) is 0 Å². The van der Waals surface area contributed by atoms with E-state index in [1.807, 2.05) is 6.92 Å². The van der Waals surface area contributed by atoms with Gasteiger partial charge in [-0.1, -0.05) is 6.92 Å². The molecule has 2 N–H and O–H groups in total. The molecule has 0 fully saturated rings. The Bertz CT molecular complexity index is 559. The lowest BCUT2D eigenvalue weighted by atomic mass is 10.2. The molecule has 0 aliphatic carbocycles. The minimum Gasteiger partial charge on any atom is -0.475 e. The first-order valence-electron chi connectivity index (χ1n) is 6.24. The van der Waals surface area contributed by atoms with Crippen molar-refractivity contribution < 1.29 is 14.3 Å². The number of rotatable bonds is 6. The topological polar surface area (TPSA) is 62.5 Å². The van der Waals surface area contributed by atoms with Crippen LogP contribution in [-0.2, 0) is 13.0 Å². The van der Waals surface area contributed by atoms with E-state index in [9.17, 15) is 4.79 Å². The first-order valence-corrected chi connectivity index (χ1v) is 7.05. The Labute approximate surface area is 116 Å². The average molecular weight is 279 g/mol. The van der Waals surface area contributed by atoms with E-state index in [0.29, 0.717) is 5.76 Å². The molecule has 0 spiro atoms. The smallest absolute Gasteiger partial charge is 0.371 e. The maximum absolute atomic E-state index is 10.7. The largest absolute Gasteiger partial charge is 0.475 e. The molecule has 0 aliphatic rings. The standard InChI is InChI=1S/C14H17NO3S/c1-3-10-4-5-11(19-10)8-15-9(2)12-6-7-13(18-12)14(16)17/h4-7,9,15H,3,8H2,1-2H3,(H,16,17). The molecule has 0 saturated carbocycles. The number of hydrogen-bond acceptors (Lipinski definition) is 4. The highest BCUT2D eigenvalue weighted by Crippen LogP contribution is 2.20. The molecular formula is C14H17NO3S. The number of hydrogen-bond donors (Lipinski definition) is 2. The number of carbonyl (C=O) groups is 1. The van der Waals surface area contributed by atoms with Crippen molar-refractivity contribution >= 4 is 17.3 Å². The lowest BCUT2D eigenvalue weighted by Crippen LogP contribution is -2.16. The van der Waals surface area contributed by atoms with Crippen molar-refractivity contribution in [3.63, 3.8) is 0 Å². The number of nitrogens with one attached hydrogen (secondary N) is 1. The molecule has 102 valence electrons. The summed E-state index contributed by atoms with van der Waals surface area (Å²) in [6.07, 6.45) is 1.06. The fraction of sp³-hybridized carbons (Fsp3) is 0.357. The zero-order valence-corrected chi connectivity index (χ0v) is 11.8. The molecule has 19 heavy (non-hydrogen) atoms. The van der Waals surface area contributed by atoms with Crippen LogP contribution >= 0.6 is 11.3 Å². The predicted molar refractivity (Wildman–Crippen MR) is 74.6 cm³/mol. The number of aromatic carboxylic acids is 1. The Morgan fingerprint density at radius 1 is 1.37 bits per heavy atom. The van der Waals surface area contributed by atoms with E-state index in [2.05, 4.69) is 24.4 Å². The molecule has 0 radical (unpaired) electrons. The summed E-state index contributed by atoms with van der Waals surface area (Å²) in [6.45, 7) is 4.86. The Kier molecular flexibility index (Phi) is 4.39. The molecule has 1 unspecified atom stereocenters. The van der Waals surface area contributed by atoms with Gasteiger partial charge in [-0.15, -0.1) is 11.3 Å². The predicted octanol–water partition coefficient (Wildman–Crippen LogP) is 3.45. The van der Waals surface area contributed by atoms with Crippen molar-refractivity contribution in [2.45, 2.75) is 32.9 Å². The van der Waals surface area contributed by atoms with Crippen molar-refractivity contribution in [1.29, 1.82) is 0 Å². The van der Waals surface area contributed by atoms with Crippen LogP contribution in [0.5, 0.6) is 0 Å². The summed E-state index contributed by atoms with van der Waals surface area (Å²) in [6, 6.07) is 7.43. The van der Waals surface area contributed by atoms with Crippen LogP contribution in [0, 0.1) is 0 Å². The van der Waals surface area contributed by atoms with Crippen molar-refractivity contribution in [2.24, 2.45) is 0 Å². The number of aryl methyl sites for hydroxylation is 1. The third-order valence-electron chi connectivity index (χ3n) is 2.91. The fourth-order valence-electron chi connectivity index (χ4n) is 1.76. The van der Waals surface area contributed by atoms with E-state index in [1.165, 1.54) is 15.8 Å². The molecule has 0 bridgehead atoms. The van der Waals surface area contributed by atoms with Gasteiger partial charge in [0.1, 0.15) is 5.76 Å². The number of carboxylic acids is 1. The quantitative estimate of drug-likeness (QED) is 0.850. The van der Waals surface area contributed by atoms with Gasteiger partial charge in [0.15, 0.2) is 0 Å². The van der Waals surface area contributed by atoms with E-state index in [-0.39, 0.29) is 11.8 Å². The van der Waals surface area contributed by atoms with Crippen LogP contribution in [0.25, 0.3) is 0 Å². The second kappa shape index (κ2) is 6.04. The average Bonchev–Trinajstić information content (AvgIpc) is 3.04. The van der Waals surface area contributed by atoms with Crippen LogP contribution in [-0.4, -0.2) is 11.1 Å². The van der Waals surface area contributed by atoms with Gasteiger partial charge in [0.05, 0.1) is 6.04 Å². The number of carboxylic acid groups (broad SMARTS) is 1. The Balaban J connectivity index is 1.92. The minimum atomic E-state index is -1.04. The molecular weight excluding hydrogens is 262 g/mol. The minimum absolute atomic E-state index is 0.0136. The Morgan fingerprint density at radius 3 is 2.68 bits per heavy atom. The summed E-state index contributed by atoms with van der Waals surface area (Å²) in [4.78, 5) is 13.4. The van der Waals surface area contributed by atoms with Gasteiger partial charge in [-0.25, -0.2) is 4.79 Å². The summed E-state index contributed by atoms with van der Waals surface area (Å²) >= 11 is 1.79. The van der Waals surface area contributed by atoms with Gasteiger partial charge < -0.3 is 14.8 Å². The lowest BCUT2D eigenvalue weighted by molar-refractivity contribution is 0.0659. The Hall–Kier alpha value is -1.59. The second-order valence-electron chi connectivity index (χ2n) is 4.33. The van der Waals surface area contributed by atoms with Crippen molar-refractivity contribution in [2.75, 3.05) is 0 Å². The van der Waals surface area contributed by atoms with Gasteiger partial charge in [-0.2, -0.15) is 0 Å². The maximum Gasteiger partial charge on any atom is 0.371 e. The highest BCUT2D eigenvalue weighted by Gasteiger charge is 2.13. The van der Waals surface area contributed by atoms with Crippen LogP contribution in [0.1, 0.15) is 46.0 Å². The molecule has 0 aliphatic heterocycles. The normalized spacial score (nSPS) is 12.5. The van der Waals surface area contributed by atoms with E-state index in [4.69, 9.17) is 9.52 Å². The van der Waals surface area contributed by atoms with E-state index in [0.717, 1.165) is 13.0 Å². The molecule has 2 aromatic heterocycles. The van der Waals surface area contributed by atoms with Crippen LogP contribution in [0.3, 0.4) is 0 Å². The van der Waals surface area contributed by atoms with Crippen molar-refractivity contribution in [3.8, 4) is 0 Å². The molecule has 5 heteroatoms. The summed E-state index contributed by atoms with van der Waals surface area (Å²) in [5.74, 6) is -0.415. The highest BCUT2D eigenvalue weighted by molar-refractivity contribution is 7.11. The molecule has 1 atom stereocenters. The number of furan rings is 1. The number of thiophene rings is 1. The van der Waals surface area contributed by atoms with Crippen LogP contribution < -0.4 is 5.32 Å². The zero-order chi connectivity index (χ0) is 13.8. The van der Waals surface area contributed by atoms with Crippen molar-refractivity contribution in [3.05, 3.63) is 45.5 Å². The first-order chi connectivity index (χ1) is 9.10. The van der Waals surface area contributed by atoms with Crippen molar-refractivity contribution in [1.82, 2.24) is 5.32 Å². The fourth-order valence-corrected chi connectivity index (χ4v) is 2.67. The molecule has 2 aromatic rings. The van der Waals surface area contributed by atoms with Gasteiger partial charge in [0, 0.05) is 16.3 Å². The van der Waals surface area contributed by atoms with E-state index in [1.54, 1.807) is 17.4 Å². The molecule has 0 saturated heterocycles. The maximum atomic E-state index is 10.7. The highest BCUT2D eigenvalue weighted by atomic mass is 32.1. The van der Waals surface area contributed by atoms with Crippen LogP contribution in [0.15, 0.2) is 28.7 Å². The molecule has 2 heterocycles. The van der Waals surface area contributed by atoms with Gasteiger partial charge in [-0.3, -0.25) is 0 Å². The summed E-state index contributed by atoms with van der Waals surface area (Å²) < 4.78 is 5.26. The van der Waals surface area contributed by atoms with Gasteiger partial charge >= 0.3 is 5.97 Å². The summed E-state index contributed by atoms with van der Waals surface area (Å²) in [7, 11) is 0. The van der Waals surface area contributed by atoms with Gasteiger partial charge in [0.2, 0.25) is 5.76 Å². The van der Waals surface area contributed by atoms with Crippen LogP contribution in [0.4, 0.5) is 0 Å². The molecule has 0 amide bonds. The molecule has 2 rings (SSSR count). The van der Waals surface area contributed by atoms with Gasteiger partial charge in [0.25, 0.3) is 0 Å².